The molecule has 0 aliphatic carbocycles. The first-order valence-electron chi connectivity index (χ1n) is 9.36. The van der Waals surface area contributed by atoms with Crippen molar-refractivity contribution < 1.29 is 17.9 Å². The summed E-state index contributed by atoms with van der Waals surface area (Å²) in [6.07, 6.45) is 0.521. The summed E-state index contributed by atoms with van der Waals surface area (Å²) in [4.78, 5) is 12.8. The van der Waals surface area contributed by atoms with Crippen LogP contribution in [0.4, 0.5) is 0 Å². The molecule has 29 heavy (non-hydrogen) atoms. The highest BCUT2D eigenvalue weighted by Crippen LogP contribution is 2.30. The molecule has 1 heterocycles. The fraction of sp³-hybridized carbons (Fsp3) is 0.381. The molecule has 0 aromatic heterocycles. The van der Waals surface area contributed by atoms with Crippen LogP contribution in [0.5, 0.6) is 5.75 Å². The Morgan fingerprint density at radius 3 is 2.66 bits per heavy atom. The summed E-state index contributed by atoms with van der Waals surface area (Å²) in [5.74, 6) is 0.187. The van der Waals surface area contributed by atoms with Gasteiger partial charge in [0, 0.05) is 17.1 Å². The van der Waals surface area contributed by atoms with E-state index in [0.717, 1.165) is 11.3 Å². The summed E-state index contributed by atoms with van der Waals surface area (Å²) in [5.41, 5.74) is 0.808. The van der Waals surface area contributed by atoms with Gasteiger partial charge in [-0.3, -0.25) is 4.79 Å². The summed E-state index contributed by atoms with van der Waals surface area (Å²) >= 11 is 6.03. The number of rotatable bonds is 5. The standard InChI is InChI=1S/C21H25ClN2O4S/c1-21(2,3)24-29(26,27)19-7-5-4-6-14(19)12-23-20(25)16-10-15-11-17(22)8-9-18(15)28-13-16/h4-9,11,16,24H,10,12-13H2,1-3H3,(H,23,25). The van der Waals surface area contributed by atoms with Gasteiger partial charge in [-0.05, 0) is 62.6 Å². The number of hydrogen-bond donors (Lipinski definition) is 2. The van der Waals surface area contributed by atoms with Crippen LogP contribution >= 0.6 is 11.6 Å². The normalized spacial score (nSPS) is 16.6. The third-order valence-corrected chi connectivity index (χ3v) is 6.55. The molecule has 1 unspecified atom stereocenters. The highest BCUT2D eigenvalue weighted by atomic mass is 35.5. The SMILES string of the molecule is CC(C)(C)NS(=O)(=O)c1ccccc1CNC(=O)C1COc2ccc(Cl)cc2C1. The average Bonchev–Trinajstić information content (AvgIpc) is 2.63. The Labute approximate surface area is 176 Å². The Bertz CT molecular complexity index is 1020. The number of halogens is 1. The number of carbonyl (C=O) groups excluding carboxylic acids is 1. The van der Waals surface area contributed by atoms with Gasteiger partial charge in [0.1, 0.15) is 12.4 Å². The number of benzene rings is 2. The molecule has 0 saturated carbocycles. The van der Waals surface area contributed by atoms with E-state index in [0.29, 0.717) is 17.0 Å². The average molecular weight is 437 g/mol. The van der Waals surface area contributed by atoms with Gasteiger partial charge in [0.05, 0.1) is 10.8 Å². The van der Waals surface area contributed by atoms with Crippen LogP contribution in [0, 0.1) is 5.92 Å². The summed E-state index contributed by atoms with van der Waals surface area (Å²) in [6, 6.07) is 12.0. The van der Waals surface area contributed by atoms with Gasteiger partial charge in [0.25, 0.3) is 0 Å². The number of hydrogen-bond acceptors (Lipinski definition) is 4. The first-order chi connectivity index (χ1) is 13.5. The molecular formula is C21H25ClN2O4S. The van der Waals surface area contributed by atoms with Crippen molar-refractivity contribution in [3.05, 3.63) is 58.6 Å². The molecule has 0 radical (unpaired) electrons. The molecule has 156 valence electrons. The summed E-state index contributed by atoms with van der Waals surface area (Å²) in [5, 5.41) is 3.44. The van der Waals surface area contributed by atoms with Crippen LogP contribution in [0.1, 0.15) is 31.9 Å². The summed E-state index contributed by atoms with van der Waals surface area (Å²) in [6.45, 7) is 5.72. The van der Waals surface area contributed by atoms with Crippen LogP contribution in [0.25, 0.3) is 0 Å². The van der Waals surface area contributed by atoms with Crippen LogP contribution in [0.3, 0.4) is 0 Å². The van der Waals surface area contributed by atoms with Crippen LogP contribution in [0.15, 0.2) is 47.4 Å². The molecule has 0 spiro atoms. The smallest absolute Gasteiger partial charge is 0.241 e. The van der Waals surface area contributed by atoms with Crippen molar-refractivity contribution in [2.45, 2.75) is 44.2 Å². The monoisotopic (exact) mass is 436 g/mol. The molecule has 0 fully saturated rings. The Balaban J connectivity index is 1.70. The fourth-order valence-electron chi connectivity index (χ4n) is 3.23. The van der Waals surface area contributed by atoms with Gasteiger partial charge in [-0.15, -0.1) is 0 Å². The third kappa shape index (κ3) is 5.50. The molecule has 2 N–H and O–H groups in total. The molecule has 0 bridgehead atoms. The van der Waals surface area contributed by atoms with Gasteiger partial charge in [0.15, 0.2) is 0 Å². The minimum Gasteiger partial charge on any atom is -0.492 e. The van der Waals surface area contributed by atoms with E-state index in [1.54, 1.807) is 57.2 Å². The van der Waals surface area contributed by atoms with Gasteiger partial charge in [-0.25, -0.2) is 13.1 Å². The van der Waals surface area contributed by atoms with Crippen molar-refractivity contribution >= 4 is 27.5 Å². The number of carbonyl (C=O) groups is 1. The van der Waals surface area contributed by atoms with E-state index in [1.165, 1.54) is 6.07 Å². The van der Waals surface area contributed by atoms with E-state index in [-0.39, 0.29) is 29.9 Å². The molecule has 2 aromatic carbocycles. The van der Waals surface area contributed by atoms with Crippen molar-refractivity contribution in [3.63, 3.8) is 0 Å². The van der Waals surface area contributed by atoms with Crippen molar-refractivity contribution in [2.75, 3.05) is 6.61 Å². The lowest BCUT2D eigenvalue weighted by Crippen LogP contribution is -2.41. The van der Waals surface area contributed by atoms with Gasteiger partial charge in [0.2, 0.25) is 15.9 Å². The quantitative estimate of drug-likeness (QED) is 0.753. The largest absolute Gasteiger partial charge is 0.492 e. The van der Waals surface area contributed by atoms with Crippen molar-refractivity contribution in [1.29, 1.82) is 0 Å². The first kappa shape index (κ1) is 21.6. The van der Waals surface area contributed by atoms with E-state index >= 15 is 0 Å². The zero-order valence-electron chi connectivity index (χ0n) is 16.7. The molecule has 0 saturated heterocycles. The highest BCUT2D eigenvalue weighted by Gasteiger charge is 2.27. The number of nitrogens with one attached hydrogen (secondary N) is 2. The van der Waals surface area contributed by atoms with Crippen molar-refractivity contribution in [2.24, 2.45) is 5.92 Å². The van der Waals surface area contributed by atoms with E-state index in [2.05, 4.69) is 10.0 Å². The van der Waals surface area contributed by atoms with E-state index in [9.17, 15) is 13.2 Å². The molecule has 8 heteroatoms. The van der Waals surface area contributed by atoms with Gasteiger partial charge in [-0.2, -0.15) is 0 Å². The Hall–Kier alpha value is -2.09. The second-order valence-electron chi connectivity index (χ2n) is 8.15. The molecule has 1 atom stereocenters. The van der Waals surface area contributed by atoms with Gasteiger partial charge in [-0.1, -0.05) is 29.8 Å². The predicted octanol–water partition coefficient (Wildman–Crippen LogP) is 3.28. The van der Waals surface area contributed by atoms with Crippen LogP contribution in [0.2, 0.25) is 5.02 Å². The second kappa shape index (κ2) is 8.34. The zero-order valence-corrected chi connectivity index (χ0v) is 18.2. The highest BCUT2D eigenvalue weighted by molar-refractivity contribution is 7.89. The number of ether oxygens (including phenoxy) is 1. The lowest BCUT2D eigenvalue weighted by molar-refractivity contribution is -0.126. The summed E-state index contributed by atoms with van der Waals surface area (Å²) in [7, 11) is -3.71. The van der Waals surface area contributed by atoms with Crippen LogP contribution < -0.4 is 14.8 Å². The maximum atomic E-state index is 12.7. The molecule has 1 aliphatic rings. The first-order valence-corrected chi connectivity index (χ1v) is 11.2. The third-order valence-electron chi connectivity index (χ3n) is 4.46. The minimum atomic E-state index is -3.71. The lowest BCUT2D eigenvalue weighted by atomic mass is 9.96. The summed E-state index contributed by atoms with van der Waals surface area (Å²) < 4.78 is 33.8. The van der Waals surface area contributed by atoms with Crippen LogP contribution in [-0.2, 0) is 27.8 Å². The zero-order chi connectivity index (χ0) is 21.2. The predicted molar refractivity (Wildman–Crippen MR) is 113 cm³/mol. The number of amides is 1. The minimum absolute atomic E-state index is 0.110. The van der Waals surface area contributed by atoms with Gasteiger partial charge >= 0.3 is 0 Å². The van der Waals surface area contributed by atoms with E-state index in [4.69, 9.17) is 16.3 Å². The maximum Gasteiger partial charge on any atom is 0.241 e. The van der Waals surface area contributed by atoms with E-state index < -0.39 is 15.6 Å². The molecule has 2 aromatic rings. The van der Waals surface area contributed by atoms with Crippen molar-refractivity contribution in [3.8, 4) is 5.75 Å². The number of fused-ring (bicyclic) bond motifs is 1. The Morgan fingerprint density at radius 1 is 1.21 bits per heavy atom. The molecule has 6 nitrogen and oxygen atoms in total. The van der Waals surface area contributed by atoms with Crippen LogP contribution in [-0.4, -0.2) is 26.5 Å². The van der Waals surface area contributed by atoms with Crippen molar-refractivity contribution in [1.82, 2.24) is 10.0 Å². The maximum absolute atomic E-state index is 12.7. The molecule has 1 aliphatic heterocycles. The fourth-order valence-corrected chi connectivity index (χ4v) is 5.08. The molecule has 3 rings (SSSR count). The Morgan fingerprint density at radius 2 is 1.93 bits per heavy atom. The topological polar surface area (TPSA) is 84.5 Å². The molecular weight excluding hydrogens is 412 g/mol. The van der Waals surface area contributed by atoms with Gasteiger partial charge < -0.3 is 10.1 Å². The lowest BCUT2D eigenvalue weighted by Gasteiger charge is -2.25. The molecule has 1 amide bonds. The Kier molecular flexibility index (Phi) is 6.22. The van der Waals surface area contributed by atoms with E-state index in [1.807, 2.05) is 0 Å². The second-order valence-corrected chi connectivity index (χ2v) is 10.2. The number of sulfonamides is 1.